The molecule has 0 bridgehead atoms. The van der Waals surface area contributed by atoms with Crippen LogP contribution in [0.2, 0.25) is 0 Å². The second kappa shape index (κ2) is 8.34. The van der Waals surface area contributed by atoms with Crippen LogP contribution >= 0.6 is 11.8 Å². The van der Waals surface area contributed by atoms with Gasteiger partial charge in [-0.2, -0.15) is 13.2 Å². The van der Waals surface area contributed by atoms with Crippen LogP contribution in [-0.4, -0.2) is 11.5 Å². The van der Waals surface area contributed by atoms with Crippen molar-refractivity contribution in [1.82, 2.24) is 0 Å². The molecule has 0 radical (unpaired) electrons. The molecule has 2 aromatic rings. The summed E-state index contributed by atoms with van der Waals surface area (Å²) in [5, 5.41) is 10.6. The SMILES string of the molecule is O=C([O-])c1ccc(OCc2ccc(SC(F)(F)F)cc2)cc1.[Li+]. The van der Waals surface area contributed by atoms with E-state index in [-0.39, 0.29) is 47.7 Å². The van der Waals surface area contributed by atoms with Crippen LogP contribution in [0.15, 0.2) is 53.4 Å². The van der Waals surface area contributed by atoms with E-state index in [1.54, 1.807) is 12.1 Å². The molecule has 0 aromatic heterocycles. The van der Waals surface area contributed by atoms with E-state index in [4.69, 9.17) is 4.74 Å². The molecule has 0 saturated carbocycles. The number of carbonyl (C=O) groups is 1. The summed E-state index contributed by atoms with van der Waals surface area (Å²) in [6.45, 7) is 0.168. The normalized spacial score (nSPS) is 10.7. The zero-order chi connectivity index (χ0) is 16.2. The van der Waals surface area contributed by atoms with Gasteiger partial charge in [0.1, 0.15) is 12.4 Å². The minimum absolute atomic E-state index is 0. The van der Waals surface area contributed by atoms with Crippen molar-refractivity contribution in [3.63, 3.8) is 0 Å². The average Bonchev–Trinajstić information content (AvgIpc) is 2.45. The number of carbonyl (C=O) groups excluding carboxylic acids is 1. The molecular weight excluding hydrogens is 324 g/mol. The first-order valence-electron chi connectivity index (χ1n) is 6.12. The number of thioether (sulfide) groups is 1. The monoisotopic (exact) mass is 334 g/mol. The molecule has 0 N–H and O–H groups in total. The van der Waals surface area contributed by atoms with Crippen LogP contribution in [0.25, 0.3) is 0 Å². The molecule has 0 saturated heterocycles. The van der Waals surface area contributed by atoms with Gasteiger partial charge in [-0.1, -0.05) is 12.1 Å². The van der Waals surface area contributed by atoms with Crippen molar-refractivity contribution in [3.8, 4) is 5.75 Å². The smallest absolute Gasteiger partial charge is 0.545 e. The summed E-state index contributed by atoms with van der Waals surface area (Å²) in [5.41, 5.74) is -3.56. The minimum Gasteiger partial charge on any atom is -0.545 e. The van der Waals surface area contributed by atoms with Gasteiger partial charge in [0.05, 0.1) is 5.97 Å². The van der Waals surface area contributed by atoms with Crippen molar-refractivity contribution in [2.45, 2.75) is 17.0 Å². The summed E-state index contributed by atoms with van der Waals surface area (Å²) in [6.07, 6.45) is 0. The molecule has 3 nitrogen and oxygen atoms in total. The van der Waals surface area contributed by atoms with Crippen molar-refractivity contribution >= 4 is 17.7 Å². The number of rotatable bonds is 5. The first kappa shape index (κ1) is 19.5. The molecule has 0 aliphatic carbocycles. The molecule has 0 atom stereocenters. The summed E-state index contributed by atoms with van der Waals surface area (Å²) in [7, 11) is 0. The Balaban J connectivity index is 0.00000264. The molecule has 0 spiro atoms. The minimum atomic E-state index is -4.31. The Labute approximate surface area is 147 Å². The maximum absolute atomic E-state index is 12.2. The van der Waals surface area contributed by atoms with Gasteiger partial charge in [0.25, 0.3) is 0 Å². The molecular formula is C15H10F3LiO3S. The van der Waals surface area contributed by atoms with Crippen molar-refractivity contribution in [1.29, 1.82) is 0 Å². The molecule has 2 aromatic carbocycles. The third-order valence-electron chi connectivity index (χ3n) is 2.65. The Morgan fingerprint density at radius 1 is 1.04 bits per heavy atom. The van der Waals surface area contributed by atoms with Gasteiger partial charge in [0.2, 0.25) is 0 Å². The van der Waals surface area contributed by atoms with Gasteiger partial charge in [0, 0.05) is 4.90 Å². The van der Waals surface area contributed by atoms with E-state index in [9.17, 15) is 23.1 Å². The van der Waals surface area contributed by atoms with Gasteiger partial charge in [-0.15, -0.1) is 0 Å². The Hall–Kier alpha value is -1.55. The predicted octanol–water partition coefficient (Wildman–Crippen LogP) is 0.245. The Kier molecular flexibility index (Phi) is 7.07. The molecule has 0 aliphatic heterocycles. The van der Waals surface area contributed by atoms with Gasteiger partial charge in [0.15, 0.2) is 0 Å². The van der Waals surface area contributed by atoms with Crippen LogP contribution in [0.4, 0.5) is 13.2 Å². The molecule has 23 heavy (non-hydrogen) atoms. The van der Waals surface area contributed by atoms with Crippen LogP contribution < -0.4 is 28.7 Å². The average molecular weight is 334 g/mol. The third kappa shape index (κ3) is 6.61. The summed E-state index contributed by atoms with van der Waals surface area (Å²) in [4.78, 5) is 10.7. The number of benzene rings is 2. The fraction of sp³-hybridized carbons (Fsp3) is 0.133. The number of carboxylic acids is 1. The molecule has 116 valence electrons. The van der Waals surface area contributed by atoms with E-state index in [1.165, 1.54) is 36.4 Å². The Bertz CT molecular complexity index is 643. The first-order chi connectivity index (χ1) is 10.3. The largest absolute Gasteiger partial charge is 1.00 e. The number of ether oxygens (including phenoxy) is 1. The van der Waals surface area contributed by atoms with Crippen LogP contribution in [0.3, 0.4) is 0 Å². The number of alkyl halides is 3. The summed E-state index contributed by atoms with van der Waals surface area (Å²) >= 11 is -0.174. The number of aromatic carboxylic acids is 1. The van der Waals surface area contributed by atoms with Crippen LogP contribution in [-0.2, 0) is 6.61 Å². The molecule has 0 fully saturated rings. The van der Waals surface area contributed by atoms with Crippen molar-refractivity contribution in [2.24, 2.45) is 0 Å². The summed E-state index contributed by atoms with van der Waals surface area (Å²) in [6, 6.07) is 11.5. The molecule has 0 aliphatic rings. The third-order valence-corrected chi connectivity index (χ3v) is 3.39. The number of carboxylic acid groups (broad SMARTS) is 1. The van der Waals surface area contributed by atoms with Gasteiger partial charge >= 0.3 is 24.4 Å². The first-order valence-corrected chi connectivity index (χ1v) is 6.94. The molecule has 8 heteroatoms. The second-order valence-electron chi connectivity index (χ2n) is 4.29. The molecule has 0 amide bonds. The predicted molar refractivity (Wildman–Crippen MR) is 73.5 cm³/mol. The second-order valence-corrected chi connectivity index (χ2v) is 5.43. The van der Waals surface area contributed by atoms with Gasteiger partial charge < -0.3 is 14.6 Å². The van der Waals surface area contributed by atoms with Crippen molar-refractivity contribution in [3.05, 3.63) is 59.7 Å². The quantitative estimate of drug-likeness (QED) is 0.581. The molecule has 0 unspecified atom stereocenters. The van der Waals surface area contributed by atoms with E-state index >= 15 is 0 Å². The van der Waals surface area contributed by atoms with Crippen molar-refractivity contribution < 1.29 is 46.7 Å². The van der Waals surface area contributed by atoms with E-state index in [2.05, 4.69) is 0 Å². The topological polar surface area (TPSA) is 49.4 Å². The maximum Gasteiger partial charge on any atom is 1.00 e. The number of halogens is 3. The van der Waals surface area contributed by atoms with Crippen LogP contribution in [0.5, 0.6) is 5.75 Å². The fourth-order valence-electron chi connectivity index (χ4n) is 1.64. The Morgan fingerprint density at radius 3 is 2.09 bits per heavy atom. The van der Waals surface area contributed by atoms with E-state index in [0.29, 0.717) is 11.3 Å². The van der Waals surface area contributed by atoms with E-state index < -0.39 is 11.5 Å². The zero-order valence-electron chi connectivity index (χ0n) is 12.1. The number of hydrogen-bond acceptors (Lipinski definition) is 4. The van der Waals surface area contributed by atoms with Gasteiger partial charge in [-0.25, -0.2) is 0 Å². The van der Waals surface area contributed by atoms with E-state index in [1.807, 2.05) is 0 Å². The standard InChI is InChI=1S/C15H11F3O3S.Li/c16-15(17,18)22-13-7-1-10(2-8-13)9-21-12-5-3-11(4-6-12)14(19)20;/h1-8H,9H2,(H,19,20);/q;+1/p-1. The van der Waals surface area contributed by atoms with Crippen molar-refractivity contribution in [2.75, 3.05) is 0 Å². The zero-order valence-corrected chi connectivity index (χ0v) is 12.9. The molecule has 2 rings (SSSR count). The van der Waals surface area contributed by atoms with E-state index in [0.717, 1.165) is 0 Å². The number of hydrogen-bond donors (Lipinski definition) is 0. The Morgan fingerprint density at radius 2 is 1.61 bits per heavy atom. The van der Waals surface area contributed by atoms with Gasteiger partial charge in [-0.3, -0.25) is 0 Å². The summed E-state index contributed by atoms with van der Waals surface area (Å²) in [5.74, 6) is -0.817. The maximum atomic E-state index is 12.2. The van der Waals surface area contributed by atoms with Crippen LogP contribution in [0.1, 0.15) is 15.9 Å². The summed E-state index contributed by atoms with van der Waals surface area (Å²) < 4.78 is 42.0. The molecule has 0 heterocycles. The van der Waals surface area contributed by atoms with Crippen LogP contribution in [0, 0.1) is 0 Å². The van der Waals surface area contributed by atoms with Gasteiger partial charge in [-0.05, 0) is 59.3 Å². The fourth-order valence-corrected chi connectivity index (χ4v) is 2.18.